The number of nitrogens with zero attached hydrogens (tertiary/aromatic N) is 1. The van der Waals surface area contributed by atoms with Crippen LogP contribution in [0.1, 0.15) is 37.6 Å². The van der Waals surface area contributed by atoms with E-state index in [1.54, 1.807) is 6.92 Å². The molecule has 1 aliphatic rings. The van der Waals surface area contributed by atoms with Crippen molar-refractivity contribution >= 4 is 10.0 Å². The van der Waals surface area contributed by atoms with Gasteiger partial charge in [-0.2, -0.15) is 5.10 Å². The third-order valence-corrected chi connectivity index (χ3v) is 5.17. The molecule has 0 spiro atoms. The van der Waals surface area contributed by atoms with Gasteiger partial charge in [0.1, 0.15) is 4.90 Å². The van der Waals surface area contributed by atoms with E-state index in [4.69, 9.17) is 4.74 Å². The summed E-state index contributed by atoms with van der Waals surface area (Å²) in [6, 6.07) is 0. The van der Waals surface area contributed by atoms with Gasteiger partial charge in [0.25, 0.3) is 0 Å². The molecule has 3 N–H and O–H groups in total. The van der Waals surface area contributed by atoms with E-state index in [0.717, 1.165) is 25.8 Å². The van der Waals surface area contributed by atoms with Crippen LogP contribution >= 0.6 is 0 Å². The number of hydrogen-bond acceptors (Lipinski definition) is 5. The van der Waals surface area contributed by atoms with Crippen LogP contribution in [0.2, 0.25) is 0 Å². The lowest BCUT2D eigenvalue weighted by molar-refractivity contribution is 0.0200. The van der Waals surface area contributed by atoms with Gasteiger partial charge in [0.05, 0.1) is 17.5 Å². The quantitative estimate of drug-likeness (QED) is 0.687. The highest BCUT2D eigenvalue weighted by atomic mass is 32.2. The molecule has 0 aromatic carbocycles. The van der Waals surface area contributed by atoms with Gasteiger partial charge in [-0.3, -0.25) is 5.10 Å². The Kier molecular flexibility index (Phi) is 5.74. The molecule has 8 heteroatoms. The van der Waals surface area contributed by atoms with Crippen molar-refractivity contribution in [3.05, 3.63) is 11.4 Å². The molecule has 2 heterocycles. The van der Waals surface area contributed by atoms with Gasteiger partial charge in [0.2, 0.25) is 10.0 Å². The monoisotopic (exact) mass is 316 g/mol. The molecule has 21 heavy (non-hydrogen) atoms. The SMILES string of the molecule is CCNCc1n[nH]c(C)c1S(=O)(=O)NCC1CCCCO1. The molecule has 0 saturated carbocycles. The average molecular weight is 316 g/mol. The van der Waals surface area contributed by atoms with Crippen molar-refractivity contribution in [2.24, 2.45) is 0 Å². The highest BCUT2D eigenvalue weighted by Crippen LogP contribution is 2.18. The Labute approximate surface area is 125 Å². The first-order chi connectivity index (χ1) is 10.0. The molecule has 1 atom stereocenters. The molecule has 120 valence electrons. The van der Waals surface area contributed by atoms with Gasteiger partial charge in [-0.25, -0.2) is 13.1 Å². The summed E-state index contributed by atoms with van der Waals surface area (Å²) < 4.78 is 33.2. The maximum Gasteiger partial charge on any atom is 0.244 e. The fourth-order valence-corrected chi connectivity index (χ4v) is 3.86. The molecule has 1 unspecified atom stereocenters. The third-order valence-electron chi connectivity index (χ3n) is 3.55. The number of aromatic amines is 1. The van der Waals surface area contributed by atoms with E-state index in [-0.39, 0.29) is 11.0 Å². The Hall–Kier alpha value is -0.960. The predicted octanol–water partition coefficient (Wildman–Crippen LogP) is 0.675. The van der Waals surface area contributed by atoms with Gasteiger partial charge in [0, 0.05) is 19.7 Å². The minimum absolute atomic E-state index is 0.0297. The molecule has 0 bridgehead atoms. The van der Waals surface area contributed by atoms with Crippen molar-refractivity contribution in [2.75, 3.05) is 19.7 Å². The summed E-state index contributed by atoms with van der Waals surface area (Å²) >= 11 is 0. The number of aryl methyl sites for hydroxylation is 1. The number of H-pyrrole nitrogens is 1. The summed E-state index contributed by atoms with van der Waals surface area (Å²) in [6.45, 7) is 5.89. The van der Waals surface area contributed by atoms with Crippen molar-refractivity contribution in [1.29, 1.82) is 0 Å². The summed E-state index contributed by atoms with van der Waals surface area (Å²) in [4.78, 5) is 0.249. The van der Waals surface area contributed by atoms with E-state index in [9.17, 15) is 8.42 Å². The molecule has 0 aliphatic carbocycles. The Morgan fingerprint density at radius 2 is 2.24 bits per heavy atom. The minimum Gasteiger partial charge on any atom is -0.377 e. The molecule has 7 nitrogen and oxygen atoms in total. The Morgan fingerprint density at radius 1 is 1.43 bits per heavy atom. The number of rotatable bonds is 7. The van der Waals surface area contributed by atoms with Crippen molar-refractivity contribution in [3.63, 3.8) is 0 Å². The Balaban J connectivity index is 2.05. The van der Waals surface area contributed by atoms with Crippen molar-refractivity contribution in [3.8, 4) is 0 Å². The van der Waals surface area contributed by atoms with Crippen LogP contribution in [0.15, 0.2) is 4.90 Å². The highest BCUT2D eigenvalue weighted by Gasteiger charge is 2.25. The maximum absolute atomic E-state index is 12.5. The number of hydrogen-bond donors (Lipinski definition) is 3. The van der Waals surface area contributed by atoms with Crippen LogP contribution in [0.25, 0.3) is 0 Å². The van der Waals surface area contributed by atoms with Crippen LogP contribution < -0.4 is 10.0 Å². The van der Waals surface area contributed by atoms with E-state index in [0.29, 0.717) is 31.1 Å². The molecule has 1 saturated heterocycles. The minimum atomic E-state index is -3.57. The predicted molar refractivity (Wildman–Crippen MR) is 79.5 cm³/mol. The molecule has 1 aliphatic heterocycles. The summed E-state index contributed by atoms with van der Waals surface area (Å²) in [5.41, 5.74) is 1.08. The molecular formula is C13H24N4O3S. The van der Waals surface area contributed by atoms with Crippen LogP contribution in [-0.4, -0.2) is 44.4 Å². The first kappa shape index (κ1) is 16.4. The summed E-state index contributed by atoms with van der Waals surface area (Å²) in [7, 11) is -3.57. The van der Waals surface area contributed by atoms with Gasteiger partial charge in [-0.05, 0) is 32.7 Å². The average Bonchev–Trinajstić information content (AvgIpc) is 2.86. The summed E-state index contributed by atoms with van der Waals surface area (Å²) in [5, 5.41) is 9.92. The molecule has 0 radical (unpaired) electrons. The van der Waals surface area contributed by atoms with Gasteiger partial charge in [0.15, 0.2) is 0 Å². The fraction of sp³-hybridized carbons (Fsp3) is 0.769. The molecule has 1 fully saturated rings. The van der Waals surface area contributed by atoms with E-state index in [1.807, 2.05) is 6.92 Å². The molecule has 0 amide bonds. The van der Waals surface area contributed by atoms with E-state index in [2.05, 4.69) is 20.2 Å². The maximum atomic E-state index is 12.5. The lowest BCUT2D eigenvalue weighted by atomic mass is 10.1. The lowest BCUT2D eigenvalue weighted by Gasteiger charge is -2.22. The molecular weight excluding hydrogens is 292 g/mol. The van der Waals surface area contributed by atoms with Crippen LogP contribution in [-0.2, 0) is 21.3 Å². The van der Waals surface area contributed by atoms with E-state index in [1.165, 1.54) is 0 Å². The summed E-state index contributed by atoms with van der Waals surface area (Å²) in [5.74, 6) is 0. The normalized spacial score (nSPS) is 19.8. The van der Waals surface area contributed by atoms with Crippen molar-refractivity contribution in [2.45, 2.75) is 50.7 Å². The Bertz CT molecular complexity index is 550. The smallest absolute Gasteiger partial charge is 0.244 e. The van der Waals surface area contributed by atoms with Crippen LogP contribution in [0.5, 0.6) is 0 Å². The van der Waals surface area contributed by atoms with Gasteiger partial charge >= 0.3 is 0 Å². The standard InChI is InChI=1S/C13H24N4O3S/c1-3-14-9-12-13(10(2)16-17-12)21(18,19)15-8-11-6-4-5-7-20-11/h11,14-15H,3-9H2,1-2H3,(H,16,17). The van der Waals surface area contributed by atoms with Crippen LogP contribution in [0.3, 0.4) is 0 Å². The number of nitrogens with one attached hydrogen (secondary N) is 3. The first-order valence-electron chi connectivity index (χ1n) is 7.40. The Morgan fingerprint density at radius 3 is 2.90 bits per heavy atom. The second kappa shape index (κ2) is 7.35. The van der Waals surface area contributed by atoms with Gasteiger partial charge in [-0.15, -0.1) is 0 Å². The zero-order valence-corrected chi connectivity index (χ0v) is 13.4. The fourth-order valence-electron chi connectivity index (χ4n) is 2.43. The molecule has 1 aromatic rings. The third kappa shape index (κ3) is 4.26. The first-order valence-corrected chi connectivity index (χ1v) is 8.88. The second-order valence-electron chi connectivity index (χ2n) is 5.25. The van der Waals surface area contributed by atoms with Gasteiger partial charge in [-0.1, -0.05) is 6.92 Å². The van der Waals surface area contributed by atoms with E-state index < -0.39 is 10.0 Å². The van der Waals surface area contributed by atoms with E-state index >= 15 is 0 Å². The topological polar surface area (TPSA) is 96.1 Å². The highest BCUT2D eigenvalue weighted by molar-refractivity contribution is 7.89. The van der Waals surface area contributed by atoms with Crippen LogP contribution in [0, 0.1) is 6.92 Å². The largest absolute Gasteiger partial charge is 0.377 e. The second-order valence-corrected chi connectivity index (χ2v) is 6.95. The number of aromatic nitrogens is 2. The zero-order valence-electron chi connectivity index (χ0n) is 12.6. The molecule has 2 rings (SSSR count). The number of ether oxygens (including phenoxy) is 1. The number of sulfonamides is 1. The zero-order chi connectivity index (χ0) is 15.3. The van der Waals surface area contributed by atoms with Gasteiger partial charge < -0.3 is 10.1 Å². The van der Waals surface area contributed by atoms with Crippen molar-refractivity contribution in [1.82, 2.24) is 20.2 Å². The lowest BCUT2D eigenvalue weighted by Crippen LogP contribution is -2.36. The van der Waals surface area contributed by atoms with Crippen molar-refractivity contribution < 1.29 is 13.2 Å². The molecule has 1 aromatic heterocycles. The summed E-state index contributed by atoms with van der Waals surface area (Å²) in [6.07, 6.45) is 3.01. The van der Waals surface area contributed by atoms with Crippen LogP contribution in [0.4, 0.5) is 0 Å².